The normalized spacial score (nSPS) is 11.2. The Hall–Kier alpha value is -3.32. The van der Waals surface area contributed by atoms with Crippen molar-refractivity contribution in [1.82, 2.24) is 19.9 Å². The molecule has 0 unspecified atom stereocenters. The van der Waals surface area contributed by atoms with Gasteiger partial charge in [-0.15, -0.1) is 0 Å². The second-order valence-corrected chi connectivity index (χ2v) is 6.28. The lowest BCUT2D eigenvalue weighted by Gasteiger charge is -2.10. The van der Waals surface area contributed by atoms with Crippen molar-refractivity contribution in [2.24, 2.45) is 0 Å². The first-order valence-corrected chi connectivity index (χ1v) is 8.87. The molecule has 28 heavy (non-hydrogen) atoms. The molecule has 0 atom stereocenters. The molecule has 3 aromatic rings. The van der Waals surface area contributed by atoms with Gasteiger partial charge in [-0.3, -0.25) is 4.98 Å². The van der Waals surface area contributed by atoms with Crippen molar-refractivity contribution in [1.29, 1.82) is 0 Å². The fraction of sp³-hybridized carbons (Fsp3) is 0.190. The molecule has 0 radical (unpaired) electrons. The SMILES string of the molecule is C/C=C/c1cc(C(=O)O)cc(CNCc2nccn2Cc2ccc(F)cc2)n1. The maximum atomic E-state index is 13.1. The summed E-state index contributed by atoms with van der Waals surface area (Å²) in [5.74, 6) is -0.415. The second-order valence-electron chi connectivity index (χ2n) is 6.28. The van der Waals surface area contributed by atoms with Crippen LogP contribution >= 0.6 is 0 Å². The van der Waals surface area contributed by atoms with Crippen molar-refractivity contribution in [3.63, 3.8) is 0 Å². The summed E-state index contributed by atoms with van der Waals surface area (Å²) in [6.45, 7) is 3.35. The van der Waals surface area contributed by atoms with Gasteiger partial charge in [0, 0.05) is 25.5 Å². The van der Waals surface area contributed by atoms with E-state index >= 15 is 0 Å². The summed E-state index contributed by atoms with van der Waals surface area (Å²) in [5, 5.41) is 12.5. The zero-order valence-electron chi connectivity index (χ0n) is 15.5. The Balaban J connectivity index is 1.65. The number of benzene rings is 1. The van der Waals surface area contributed by atoms with Gasteiger partial charge in [-0.05, 0) is 42.8 Å². The van der Waals surface area contributed by atoms with Gasteiger partial charge in [-0.25, -0.2) is 14.2 Å². The quantitative estimate of drug-likeness (QED) is 0.625. The Morgan fingerprint density at radius 3 is 2.75 bits per heavy atom. The molecule has 144 valence electrons. The Bertz CT molecular complexity index is 980. The van der Waals surface area contributed by atoms with Crippen molar-refractivity contribution in [3.8, 4) is 0 Å². The van der Waals surface area contributed by atoms with Gasteiger partial charge in [-0.2, -0.15) is 0 Å². The summed E-state index contributed by atoms with van der Waals surface area (Å²) in [5.41, 5.74) is 2.44. The minimum absolute atomic E-state index is 0.206. The molecule has 2 N–H and O–H groups in total. The molecule has 6 nitrogen and oxygen atoms in total. The van der Waals surface area contributed by atoms with E-state index in [2.05, 4.69) is 15.3 Å². The highest BCUT2D eigenvalue weighted by atomic mass is 19.1. The lowest BCUT2D eigenvalue weighted by molar-refractivity contribution is 0.0696. The van der Waals surface area contributed by atoms with E-state index in [1.807, 2.05) is 23.8 Å². The van der Waals surface area contributed by atoms with E-state index in [0.29, 0.717) is 31.0 Å². The van der Waals surface area contributed by atoms with Gasteiger partial charge in [0.25, 0.3) is 0 Å². The minimum Gasteiger partial charge on any atom is -0.478 e. The molecule has 7 heteroatoms. The van der Waals surface area contributed by atoms with Crippen LogP contribution in [0.4, 0.5) is 4.39 Å². The third-order valence-corrected chi connectivity index (χ3v) is 4.14. The molecular weight excluding hydrogens is 359 g/mol. The van der Waals surface area contributed by atoms with Crippen LogP contribution < -0.4 is 5.32 Å². The highest BCUT2D eigenvalue weighted by molar-refractivity contribution is 5.88. The van der Waals surface area contributed by atoms with Crippen molar-refractivity contribution >= 4 is 12.0 Å². The first kappa shape index (κ1) is 19.4. The monoisotopic (exact) mass is 380 g/mol. The van der Waals surface area contributed by atoms with E-state index < -0.39 is 5.97 Å². The Labute approximate surface area is 162 Å². The number of pyridine rings is 1. The van der Waals surface area contributed by atoms with Gasteiger partial charge in [0.1, 0.15) is 11.6 Å². The molecule has 0 aliphatic heterocycles. The number of aromatic nitrogens is 3. The predicted octanol–water partition coefficient (Wildman–Crippen LogP) is 3.49. The molecule has 0 aliphatic rings. The van der Waals surface area contributed by atoms with Crippen molar-refractivity contribution in [3.05, 3.63) is 89.0 Å². The number of aromatic carboxylic acids is 1. The summed E-state index contributed by atoms with van der Waals surface area (Å²) in [7, 11) is 0. The molecule has 0 fully saturated rings. The Morgan fingerprint density at radius 2 is 2.04 bits per heavy atom. The maximum Gasteiger partial charge on any atom is 0.335 e. The van der Waals surface area contributed by atoms with Crippen molar-refractivity contribution < 1.29 is 14.3 Å². The second kappa shape index (κ2) is 9.05. The number of carboxylic acid groups (broad SMARTS) is 1. The van der Waals surface area contributed by atoms with E-state index in [-0.39, 0.29) is 11.4 Å². The van der Waals surface area contributed by atoms with E-state index in [1.54, 1.807) is 36.5 Å². The molecular formula is C21H21FN4O2. The van der Waals surface area contributed by atoms with Crippen LogP contribution in [0.1, 0.15) is 40.1 Å². The van der Waals surface area contributed by atoms with E-state index in [1.165, 1.54) is 12.1 Å². The van der Waals surface area contributed by atoms with Gasteiger partial charge in [0.05, 0.1) is 23.5 Å². The van der Waals surface area contributed by atoms with Crippen molar-refractivity contribution in [2.45, 2.75) is 26.6 Å². The summed E-state index contributed by atoms with van der Waals surface area (Å²) < 4.78 is 15.0. The lowest BCUT2D eigenvalue weighted by atomic mass is 10.2. The van der Waals surface area contributed by atoms with Crippen LogP contribution in [0, 0.1) is 5.82 Å². The van der Waals surface area contributed by atoms with Crippen LogP contribution in [0.5, 0.6) is 0 Å². The summed E-state index contributed by atoms with van der Waals surface area (Å²) in [4.78, 5) is 20.1. The largest absolute Gasteiger partial charge is 0.478 e. The minimum atomic E-state index is -0.982. The Morgan fingerprint density at radius 1 is 1.25 bits per heavy atom. The predicted molar refractivity (Wildman–Crippen MR) is 104 cm³/mol. The van der Waals surface area contributed by atoms with Gasteiger partial charge < -0.3 is 15.0 Å². The van der Waals surface area contributed by atoms with Gasteiger partial charge in [0.15, 0.2) is 0 Å². The number of allylic oxidation sites excluding steroid dienone is 1. The number of rotatable bonds is 8. The summed E-state index contributed by atoms with van der Waals surface area (Å²) in [6.07, 6.45) is 7.17. The number of hydrogen-bond donors (Lipinski definition) is 2. The number of carboxylic acids is 1. The first-order valence-electron chi connectivity index (χ1n) is 8.87. The van der Waals surface area contributed by atoms with Crippen LogP contribution in [0.2, 0.25) is 0 Å². The average molecular weight is 380 g/mol. The van der Waals surface area contributed by atoms with Crippen LogP contribution in [-0.4, -0.2) is 25.6 Å². The number of nitrogens with one attached hydrogen (secondary N) is 1. The summed E-state index contributed by atoms with van der Waals surface area (Å²) in [6, 6.07) is 9.48. The van der Waals surface area contributed by atoms with Crippen LogP contribution in [0.25, 0.3) is 6.08 Å². The summed E-state index contributed by atoms with van der Waals surface area (Å²) >= 11 is 0. The molecule has 0 aliphatic carbocycles. The molecule has 3 rings (SSSR count). The highest BCUT2D eigenvalue weighted by Gasteiger charge is 2.08. The third kappa shape index (κ3) is 5.11. The van der Waals surface area contributed by atoms with Crippen molar-refractivity contribution in [2.75, 3.05) is 0 Å². The van der Waals surface area contributed by atoms with E-state index in [0.717, 1.165) is 11.4 Å². The van der Waals surface area contributed by atoms with E-state index in [9.17, 15) is 14.3 Å². The smallest absolute Gasteiger partial charge is 0.335 e. The number of halogens is 1. The van der Waals surface area contributed by atoms with Gasteiger partial charge in [0.2, 0.25) is 0 Å². The zero-order chi connectivity index (χ0) is 19.9. The number of imidazole rings is 1. The molecule has 0 bridgehead atoms. The lowest BCUT2D eigenvalue weighted by Crippen LogP contribution is -2.18. The fourth-order valence-corrected chi connectivity index (χ4v) is 2.82. The zero-order valence-corrected chi connectivity index (χ0v) is 15.5. The van der Waals surface area contributed by atoms with E-state index in [4.69, 9.17) is 0 Å². The maximum absolute atomic E-state index is 13.1. The number of carbonyl (C=O) groups is 1. The molecule has 2 heterocycles. The Kier molecular flexibility index (Phi) is 6.29. The van der Waals surface area contributed by atoms with Crippen LogP contribution in [-0.2, 0) is 19.6 Å². The molecule has 2 aromatic heterocycles. The first-order chi connectivity index (χ1) is 13.5. The molecule has 0 spiro atoms. The number of nitrogens with zero attached hydrogens (tertiary/aromatic N) is 3. The van der Waals surface area contributed by atoms with Gasteiger partial charge >= 0.3 is 5.97 Å². The highest BCUT2D eigenvalue weighted by Crippen LogP contribution is 2.10. The molecule has 1 aromatic carbocycles. The number of hydrogen-bond acceptors (Lipinski definition) is 4. The topological polar surface area (TPSA) is 80.0 Å². The van der Waals surface area contributed by atoms with Crippen LogP contribution in [0.3, 0.4) is 0 Å². The average Bonchev–Trinajstić information content (AvgIpc) is 3.11. The molecule has 0 saturated carbocycles. The standard InChI is InChI=1S/C21H21FN4O2/c1-2-3-18-10-16(21(27)28)11-19(25-18)12-23-13-20-24-8-9-26(20)14-15-4-6-17(22)7-5-15/h2-11,23H,12-14H2,1H3,(H,27,28)/b3-2+. The van der Waals surface area contributed by atoms with Gasteiger partial charge in [-0.1, -0.05) is 18.2 Å². The molecule has 0 saturated heterocycles. The fourth-order valence-electron chi connectivity index (χ4n) is 2.82. The molecule has 0 amide bonds. The third-order valence-electron chi connectivity index (χ3n) is 4.14. The van der Waals surface area contributed by atoms with Crippen LogP contribution in [0.15, 0.2) is 54.9 Å².